The molecule has 0 atom stereocenters. The lowest BCUT2D eigenvalue weighted by Crippen LogP contribution is -2.27. The molecule has 6 nitrogen and oxygen atoms in total. The monoisotopic (exact) mass is 251 g/mol. The number of nitrogens with zero attached hydrogens (tertiary/aromatic N) is 2. The molecule has 2 N–H and O–H groups in total. The maximum absolute atomic E-state index is 11.4. The fourth-order valence-electron chi connectivity index (χ4n) is 1.07. The molecule has 0 aliphatic heterocycles. The van der Waals surface area contributed by atoms with Gasteiger partial charge in [-0.2, -0.15) is 0 Å². The number of rotatable bonds is 3. The smallest absolute Gasteiger partial charge is 0.414 e. The summed E-state index contributed by atoms with van der Waals surface area (Å²) in [6.07, 6.45) is 5.72. The van der Waals surface area contributed by atoms with Crippen molar-refractivity contribution in [1.29, 1.82) is 0 Å². The molecule has 0 aliphatic rings. The number of hydrogen-bond acceptors (Lipinski definition) is 5. The van der Waals surface area contributed by atoms with E-state index in [-0.39, 0.29) is 12.6 Å². The molecule has 0 saturated heterocycles. The molecule has 1 aromatic rings. The third-order valence-corrected chi connectivity index (χ3v) is 1.70. The van der Waals surface area contributed by atoms with Crippen molar-refractivity contribution in [3.05, 3.63) is 24.0 Å². The molecular weight excluding hydrogens is 234 g/mol. The topological polar surface area (TPSA) is 84.3 Å². The van der Waals surface area contributed by atoms with Crippen LogP contribution >= 0.6 is 0 Å². The van der Waals surface area contributed by atoms with Crippen molar-refractivity contribution in [3.8, 4) is 0 Å². The van der Waals surface area contributed by atoms with Crippen LogP contribution in [0.5, 0.6) is 0 Å². The van der Waals surface area contributed by atoms with Gasteiger partial charge >= 0.3 is 6.09 Å². The quantitative estimate of drug-likeness (QED) is 0.856. The van der Waals surface area contributed by atoms with Crippen LogP contribution in [0.15, 0.2) is 18.5 Å². The van der Waals surface area contributed by atoms with Crippen LogP contribution in [0.4, 0.5) is 10.7 Å². The summed E-state index contributed by atoms with van der Waals surface area (Å²) in [5.41, 5.74) is 0.173. The molecule has 0 bridgehead atoms. The third-order valence-electron chi connectivity index (χ3n) is 1.70. The van der Waals surface area contributed by atoms with E-state index in [1.807, 2.05) is 0 Å². The fraction of sp³-hybridized carbons (Fsp3) is 0.417. The van der Waals surface area contributed by atoms with Gasteiger partial charge in [-0.15, -0.1) is 0 Å². The second-order valence-corrected chi connectivity index (χ2v) is 4.55. The van der Waals surface area contributed by atoms with Crippen LogP contribution in [0, 0.1) is 0 Å². The number of carbonyl (C=O) groups excluding carboxylic acids is 1. The van der Waals surface area contributed by atoms with Crippen molar-refractivity contribution in [2.75, 3.05) is 11.9 Å². The highest BCUT2D eigenvalue weighted by molar-refractivity contribution is 5.82. The Bertz CT molecular complexity index is 421. The second-order valence-electron chi connectivity index (χ2n) is 4.55. The van der Waals surface area contributed by atoms with Gasteiger partial charge in [-0.05, 0) is 20.8 Å². The number of hydrogen-bond donors (Lipinski definition) is 2. The van der Waals surface area contributed by atoms with E-state index in [2.05, 4.69) is 15.3 Å². The first kappa shape index (κ1) is 14.1. The lowest BCUT2D eigenvalue weighted by molar-refractivity contribution is 0.0634. The van der Waals surface area contributed by atoms with Crippen molar-refractivity contribution in [1.82, 2.24) is 9.97 Å². The van der Waals surface area contributed by atoms with Gasteiger partial charge in [0.1, 0.15) is 5.60 Å². The Kier molecular flexibility index (Phi) is 4.79. The molecule has 18 heavy (non-hydrogen) atoms. The minimum Gasteiger partial charge on any atom is -0.444 e. The molecule has 0 fully saturated rings. The van der Waals surface area contributed by atoms with Crippen LogP contribution in [-0.4, -0.2) is 33.4 Å². The molecule has 1 rings (SSSR count). The van der Waals surface area contributed by atoms with Gasteiger partial charge in [0.05, 0.1) is 6.61 Å². The normalized spacial score (nSPS) is 11.6. The molecule has 0 saturated carbocycles. The third kappa shape index (κ3) is 5.40. The molecule has 0 aliphatic carbocycles. The summed E-state index contributed by atoms with van der Waals surface area (Å²) in [6.45, 7) is 5.28. The van der Waals surface area contributed by atoms with Crippen molar-refractivity contribution >= 4 is 18.1 Å². The molecule has 1 aromatic heterocycles. The zero-order chi connectivity index (χ0) is 13.6. The van der Waals surface area contributed by atoms with Crippen LogP contribution in [0.3, 0.4) is 0 Å². The SMILES string of the molecule is CC(C)(C)OC(=O)Nc1ncc(/C=C/CO)cn1. The van der Waals surface area contributed by atoms with E-state index in [1.54, 1.807) is 32.9 Å². The maximum Gasteiger partial charge on any atom is 0.414 e. The van der Waals surface area contributed by atoms with Gasteiger partial charge in [0.25, 0.3) is 0 Å². The van der Waals surface area contributed by atoms with E-state index in [0.717, 1.165) is 5.56 Å². The summed E-state index contributed by atoms with van der Waals surface area (Å²) < 4.78 is 5.06. The molecule has 1 amide bonds. The van der Waals surface area contributed by atoms with E-state index >= 15 is 0 Å². The highest BCUT2D eigenvalue weighted by Crippen LogP contribution is 2.09. The average Bonchev–Trinajstić information content (AvgIpc) is 2.25. The Morgan fingerprint density at radius 1 is 1.44 bits per heavy atom. The Morgan fingerprint density at radius 2 is 2.06 bits per heavy atom. The van der Waals surface area contributed by atoms with E-state index in [0.29, 0.717) is 0 Å². The number of anilines is 1. The summed E-state index contributed by atoms with van der Waals surface area (Å²) >= 11 is 0. The van der Waals surface area contributed by atoms with Crippen molar-refractivity contribution in [3.63, 3.8) is 0 Å². The highest BCUT2D eigenvalue weighted by Gasteiger charge is 2.16. The summed E-state index contributed by atoms with van der Waals surface area (Å²) in [6, 6.07) is 0. The first-order chi connectivity index (χ1) is 8.40. The van der Waals surface area contributed by atoms with Crippen molar-refractivity contribution in [2.45, 2.75) is 26.4 Å². The van der Waals surface area contributed by atoms with Gasteiger partial charge in [-0.3, -0.25) is 5.32 Å². The Balaban J connectivity index is 2.58. The number of nitrogens with one attached hydrogen (secondary N) is 1. The number of aliphatic hydroxyl groups excluding tert-OH is 1. The Hall–Kier alpha value is -1.95. The predicted octanol–water partition coefficient (Wildman–Crippen LogP) is 1.83. The summed E-state index contributed by atoms with van der Waals surface area (Å²) in [7, 11) is 0. The number of carbonyl (C=O) groups is 1. The lowest BCUT2D eigenvalue weighted by atomic mass is 10.2. The first-order valence-electron chi connectivity index (χ1n) is 5.50. The largest absolute Gasteiger partial charge is 0.444 e. The van der Waals surface area contributed by atoms with Crippen LogP contribution in [-0.2, 0) is 4.74 Å². The van der Waals surface area contributed by atoms with Crippen molar-refractivity contribution < 1.29 is 14.6 Å². The summed E-state index contributed by atoms with van der Waals surface area (Å²) in [5.74, 6) is 0.172. The number of ether oxygens (including phenoxy) is 1. The van der Waals surface area contributed by atoms with E-state index in [9.17, 15) is 4.79 Å². The Labute approximate surface area is 106 Å². The van der Waals surface area contributed by atoms with E-state index < -0.39 is 11.7 Å². The second kappa shape index (κ2) is 6.11. The van der Waals surface area contributed by atoms with Crippen LogP contribution in [0.25, 0.3) is 6.08 Å². The predicted molar refractivity (Wildman–Crippen MR) is 68.0 cm³/mol. The maximum atomic E-state index is 11.4. The highest BCUT2D eigenvalue weighted by atomic mass is 16.6. The molecule has 0 aromatic carbocycles. The molecule has 0 spiro atoms. The fourth-order valence-corrected chi connectivity index (χ4v) is 1.07. The summed E-state index contributed by atoms with van der Waals surface area (Å²) in [4.78, 5) is 19.3. The molecule has 6 heteroatoms. The standard InChI is InChI=1S/C12H17N3O3/c1-12(2,3)18-11(17)15-10-13-7-9(8-14-10)5-4-6-16/h4-5,7-8,16H,6H2,1-3H3,(H,13,14,15,17)/b5-4+. The number of aliphatic hydroxyl groups is 1. The molecule has 98 valence electrons. The number of aromatic nitrogens is 2. The number of amides is 1. The molecule has 1 heterocycles. The Morgan fingerprint density at radius 3 is 2.56 bits per heavy atom. The van der Waals surface area contributed by atoms with Crippen molar-refractivity contribution in [2.24, 2.45) is 0 Å². The van der Waals surface area contributed by atoms with Gasteiger partial charge in [-0.25, -0.2) is 14.8 Å². The lowest BCUT2D eigenvalue weighted by Gasteiger charge is -2.19. The minimum absolute atomic E-state index is 0.0437. The first-order valence-corrected chi connectivity index (χ1v) is 5.50. The zero-order valence-electron chi connectivity index (χ0n) is 10.7. The van der Waals surface area contributed by atoms with Crippen LogP contribution in [0.1, 0.15) is 26.3 Å². The van der Waals surface area contributed by atoms with Gasteiger partial charge in [0, 0.05) is 18.0 Å². The van der Waals surface area contributed by atoms with E-state index in [4.69, 9.17) is 9.84 Å². The molecule has 0 radical (unpaired) electrons. The van der Waals surface area contributed by atoms with Crippen LogP contribution < -0.4 is 5.32 Å². The molecule has 0 unspecified atom stereocenters. The van der Waals surface area contributed by atoms with E-state index in [1.165, 1.54) is 12.4 Å². The zero-order valence-corrected chi connectivity index (χ0v) is 10.7. The summed E-state index contributed by atoms with van der Waals surface area (Å²) in [5, 5.41) is 11.0. The van der Waals surface area contributed by atoms with Gasteiger partial charge < -0.3 is 9.84 Å². The van der Waals surface area contributed by atoms with Gasteiger partial charge in [0.15, 0.2) is 0 Å². The van der Waals surface area contributed by atoms with Gasteiger partial charge in [0.2, 0.25) is 5.95 Å². The van der Waals surface area contributed by atoms with Gasteiger partial charge in [-0.1, -0.05) is 12.2 Å². The average molecular weight is 251 g/mol. The molecular formula is C12H17N3O3. The minimum atomic E-state index is -0.596. The van der Waals surface area contributed by atoms with Crippen LogP contribution in [0.2, 0.25) is 0 Å².